The SMILES string of the molecule is COc1ccc(CN(C(=O)CN(c2ccc(C)cc2C)S(C)(=O)=O)C(C)C(=O)NC(C)(C)C)cc1. The van der Waals surface area contributed by atoms with Crippen molar-refractivity contribution in [1.82, 2.24) is 10.2 Å². The molecule has 0 aromatic heterocycles. The number of methoxy groups -OCH3 is 1. The average Bonchev–Trinajstić information content (AvgIpc) is 2.74. The maximum Gasteiger partial charge on any atom is 0.244 e. The fraction of sp³-hybridized carbons (Fsp3) is 0.462. The van der Waals surface area contributed by atoms with Gasteiger partial charge in [0.1, 0.15) is 18.3 Å². The lowest BCUT2D eigenvalue weighted by molar-refractivity contribution is -0.140. The minimum Gasteiger partial charge on any atom is -0.497 e. The Bertz CT molecular complexity index is 1150. The number of hydrogen-bond donors (Lipinski definition) is 1. The summed E-state index contributed by atoms with van der Waals surface area (Å²) in [6, 6.07) is 11.7. The van der Waals surface area contributed by atoms with Crippen LogP contribution in [0.1, 0.15) is 44.4 Å². The molecule has 35 heavy (non-hydrogen) atoms. The number of nitrogens with one attached hydrogen (secondary N) is 1. The lowest BCUT2D eigenvalue weighted by Gasteiger charge is -2.33. The standard InChI is InChI=1S/C26H37N3O5S/c1-18-9-14-23(19(2)15-18)29(35(8,32)33)17-24(30)28(20(3)25(31)27-26(4,5)6)16-21-10-12-22(34-7)13-11-21/h9-15,20H,16-17H2,1-8H3,(H,27,31). The van der Waals surface area contributed by atoms with Gasteiger partial charge in [0, 0.05) is 12.1 Å². The van der Waals surface area contributed by atoms with Crippen LogP contribution < -0.4 is 14.4 Å². The molecule has 0 fully saturated rings. The van der Waals surface area contributed by atoms with Gasteiger partial charge in [-0.05, 0) is 70.9 Å². The minimum atomic E-state index is -3.77. The highest BCUT2D eigenvalue weighted by Crippen LogP contribution is 2.24. The number of hydrogen-bond acceptors (Lipinski definition) is 5. The van der Waals surface area contributed by atoms with E-state index in [2.05, 4.69) is 5.32 Å². The second-order valence-electron chi connectivity index (χ2n) is 9.84. The molecule has 0 spiro atoms. The van der Waals surface area contributed by atoms with Gasteiger partial charge in [0.2, 0.25) is 21.8 Å². The molecule has 0 aliphatic carbocycles. The van der Waals surface area contributed by atoms with Crippen molar-refractivity contribution in [1.29, 1.82) is 0 Å². The first kappa shape index (κ1) is 28.2. The van der Waals surface area contributed by atoms with Crippen LogP contribution >= 0.6 is 0 Å². The van der Waals surface area contributed by atoms with Gasteiger partial charge in [-0.25, -0.2) is 8.42 Å². The van der Waals surface area contributed by atoms with Crippen molar-refractivity contribution in [3.8, 4) is 5.75 Å². The Morgan fingerprint density at radius 1 is 1.06 bits per heavy atom. The van der Waals surface area contributed by atoms with Crippen molar-refractivity contribution in [3.05, 3.63) is 59.2 Å². The molecule has 2 aromatic carbocycles. The summed E-state index contributed by atoms with van der Waals surface area (Å²) in [6.07, 6.45) is 1.07. The summed E-state index contributed by atoms with van der Waals surface area (Å²) in [7, 11) is -2.20. The van der Waals surface area contributed by atoms with Gasteiger partial charge < -0.3 is 15.0 Å². The summed E-state index contributed by atoms with van der Waals surface area (Å²) in [6.45, 7) is 10.7. The predicted molar refractivity (Wildman–Crippen MR) is 139 cm³/mol. The first-order valence-electron chi connectivity index (χ1n) is 11.4. The summed E-state index contributed by atoms with van der Waals surface area (Å²) >= 11 is 0. The largest absolute Gasteiger partial charge is 0.497 e. The van der Waals surface area contributed by atoms with Crippen LogP contribution in [0.3, 0.4) is 0 Å². The Morgan fingerprint density at radius 3 is 2.14 bits per heavy atom. The van der Waals surface area contributed by atoms with Gasteiger partial charge in [0.05, 0.1) is 19.1 Å². The molecule has 2 aromatic rings. The van der Waals surface area contributed by atoms with Crippen LogP contribution in [0.4, 0.5) is 5.69 Å². The Morgan fingerprint density at radius 2 is 1.66 bits per heavy atom. The number of rotatable bonds is 9. The minimum absolute atomic E-state index is 0.131. The summed E-state index contributed by atoms with van der Waals surface area (Å²) in [5.41, 5.74) is 2.45. The molecule has 0 radical (unpaired) electrons. The number of benzene rings is 2. The Labute approximate surface area is 209 Å². The third-order valence-electron chi connectivity index (χ3n) is 5.48. The molecule has 2 rings (SSSR count). The number of aryl methyl sites for hydroxylation is 2. The summed E-state index contributed by atoms with van der Waals surface area (Å²) in [4.78, 5) is 28.0. The van der Waals surface area contributed by atoms with Crippen LogP contribution in [0.15, 0.2) is 42.5 Å². The van der Waals surface area contributed by atoms with Gasteiger partial charge in [-0.2, -0.15) is 0 Å². The van der Waals surface area contributed by atoms with Crippen LogP contribution in [-0.2, 0) is 26.2 Å². The zero-order chi connectivity index (χ0) is 26.6. The second-order valence-corrected chi connectivity index (χ2v) is 11.8. The Hall–Kier alpha value is -3.07. The maximum absolute atomic E-state index is 13.6. The van der Waals surface area contributed by atoms with Gasteiger partial charge in [0.15, 0.2) is 0 Å². The molecular weight excluding hydrogens is 466 g/mol. The van der Waals surface area contributed by atoms with E-state index in [1.54, 1.807) is 45.2 Å². The number of nitrogens with zero attached hydrogens (tertiary/aromatic N) is 2. The molecule has 192 valence electrons. The van der Waals surface area contributed by atoms with Crippen molar-refractivity contribution in [2.75, 3.05) is 24.2 Å². The van der Waals surface area contributed by atoms with Gasteiger partial charge >= 0.3 is 0 Å². The van der Waals surface area contributed by atoms with Crippen LogP contribution in [0.2, 0.25) is 0 Å². The molecule has 9 heteroatoms. The Kier molecular flexibility index (Phi) is 8.94. The fourth-order valence-electron chi connectivity index (χ4n) is 3.66. The van der Waals surface area contributed by atoms with E-state index in [0.29, 0.717) is 11.4 Å². The van der Waals surface area contributed by atoms with Gasteiger partial charge in [0.25, 0.3) is 0 Å². The highest BCUT2D eigenvalue weighted by molar-refractivity contribution is 7.92. The molecule has 0 heterocycles. The molecule has 1 unspecified atom stereocenters. The topological polar surface area (TPSA) is 96.0 Å². The lowest BCUT2D eigenvalue weighted by Crippen LogP contribution is -2.54. The van der Waals surface area contributed by atoms with E-state index in [4.69, 9.17) is 4.74 Å². The average molecular weight is 504 g/mol. The molecule has 8 nitrogen and oxygen atoms in total. The molecule has 0 bridgehead atoms. The number of ether oxygens (including phenoxy) is 1. The van der Waals surface area contributed by atoms with E-state index in [0.717, 1.165) is 27.3 Å². The molecule has 0 saturated carbocycles. The number of anilines is 1. The van der Waals surface area contributed by atoms with Crippen LogP contribution in [0.25, 0.3) is 0 Å². The normalized spacial score (nSPS) is 12.6. The summed E-state index contributed by atoms with van der Waals surface area (Å²) in [5.74, 6) is -0.136. The molecule has 1 atom stereocenters. The van der Waals surface area contributed by atoms with E-state index >= 15 is 0 Å². The molecular formula is C26H37N3O5S. The second kappa shape index (κ2) is 11.1. The van der Waals surface area contributed by atoms with Crippen LogP contribution in [-0.4, -0.2) is 56.6 Å². The number of amides is 2. The van der Waals surface area contributed by atoms with Gasteiger partial charge in [-0.15, -0.1) is 0 Å². The predicted octanol–water partition coefficient (Wildman–Crippen LogP) is 3.41. The first-order chi connectivity index (χ1) is 16.1. The zero-order valence-corrected chi connectivity index (χ0v) is 22.7. The number of carbonyl (C=O) groups is 2. The lowest BCUT2D eigenvalue weighted by atomic mass is 10.1. The molecule has 2 amide bonds. The van der Waals surface area contributed by atoms with Crippen LogP contribution in [0, 0.1) is 13.8 Å². The van der Waals surface area contributed by atoms with Crippen molar-refractivity contribution in [2.45, 2.75) is 59.7 Å². The van der Waals surface area contributed by atoms with E-state index < -0.39 is 34.1 Å². The van der Waals surface area contributed by atoms with Gasteiger partial charge in [-0.1, -0.05) is 29.8 Å². The van der Waals surface area contributed by atoms with E-state index in [1.165, 1.54) is 4.90 Å². The third-order valence-corrected chi connectivity index (χ3v) is 6.60. The first-order valence-corrected chi connectivity index (χ1v) is 13.3. The monoisotopic (exact) mass is 503 g/mol. The van der Waals surface area contributed by atoms with Crippen molar-refractivity contribution < 1.29 is 22.7 Å². The fourth-order valence-corrected chi connectivity index (χ4v) is 4.57. The highest BCUT2D eigenvalue weighted by Gasteiger charge is 2.31. The zero-order valence-electron chi connectivity index (χ0n) is 21.9. The Balaban J connectivity index is 2.43. The van der Waals surface area contributed by atoms with E-state index in [1.807, 2.05) is 45.9 Å². The summed E-state index contributed by atoms with van der Waals surface area (Å²) < 4.78 is 31.7. The summed E-state index contributed by atoms with van der Waals surface area (Å²) in [5, 5.41) is 2.90. The van der Waals surface area contributed by atoms with Crippen molar-refractivity contribution >= 4 is 27.5 Å². The molecule has 0 saturated heterocycles. The van der Waals surface area contributed by atoms with Crippen molar-refractivity contribution in [3.63, 3.8) is 0 Å². The van der Waals surface area contributed by atoms with Crippen LogP contribution in [0.5, 0.6) is 5.75 Å². The molecule has 0 aliphatic rings. The molecule has 0 aliphatic heterocycles. The maximum atomic E-state index is 13.6. The molecule has 1 N–H and O–H groups in total. The van der Waals surface area contributed by atoms with Gasteiger partial charge in [-0.3, -0.25) is 13.9 Å². The van der Waals surface area contributed by atoms with E-state index in [9.17, 15) is 18.0 Å². The van der Waals surface area contributed by atoms with E-state index in [-0.39, 0.29) is 12.5 Å². The number of carbonyl (C=O) groups excluding carboxylic acids is 2. The third kappa shape index (κ3) is 7.99. The quantitative estimate of drug-likeness (QED) is 0.566. The number of sulfonamides is 1. The smallest absolute Gasteiger partial charge is 0.244 e. The highest BCUT2D eigenvalue weighted by atomic mass is 32.2. The van der Waals surface area contributed by atoms with Crippen molar-refractivity contribution in [2.24, 2.45) is 0 Å².